The number of amides is 1. The zero-order valence-electron chi connectivity index (χ0n) is 10.1. The van der Waals surface area contributed by atoms with E-state index >= 15 is 0 Å². The van der Waals surface area contributed by atoms with Crippen LogP contribution in [0.25, 0.3) is 0 Å². The van der Waals surface area contributed by atoms with Crippen molar-refractivity contribution in [2.75, 3.05) is 13.2 Å². The standard InChI is InChI=1S/C12H17BrN2O2/c1-9(2)15(7-4-8-16)12(17)10-5-3-6-11(13)14-10/h3,5-6,9,16H,4,7-8H2,1-2H3. The maximum atomic E-state index is 12.2. The first-order chi connectivity index (χ1) is 8.06. The molecule has 0 radical (unpaired) electrons. The van der Waals surface area contributed by atoms with Gasteiger partial charge in [0.2, 0.25) is 0 Å². The Morgan fingerprint density at radius 2 is 2.24 bits per heavy atom. The van der Waals surface area contributed by atoms with Crippen LogP contribution in [0.1, 0.15) is 30.8 Å². The molecular weight excluding hydrogens is 284 g/mol. The molecule has 0 aliphatic heterocycles. The van der Waals surface area contributed by atoms with Crippen molar-refractivity contribution >= 4 is 21.8 Å². The first-order valence-electron chi connectivity index (χ1n) is 5.60. The second kappa shape index (κ2) is 6.71. The predicted octanol–water partition coefficient (Wildman–Crippen LogP) is 2.08. The smallest absolute Gasteiger partial charge is 0.272 e. The molecule has 0 aliphatic carbocycles. The van der Waals surface area contributed by atoms with Crippen molar-refractivity contribution in [3.05, 3.63) is 28.5 Å². The lowest BCUT2D eigenvalue weighted by atomic mass is 10.2. The van der Waals surface area contributed by atoms with Gasteiger partial charge in [-0.25, -0.2) is 4.98 Å². The highest BCUT2D eigenvalue weighted by atomic mass is 79.9. The van der Waals surface area contributed by atoms with Crippen LogP contribution < -0.4 is 0 Å². The average Bonchev–Trinajstić information content (AvgIpc) is 2.29. The minimum atomic E-state index is -0.102. The Bertz CT molecular complexity index is 383. The van der Waals surface area contributed by atoms with Gasteiger partial charge in [-0.3, -0.25) is 4.79 Å². The van der Waals surface area contributed by atoms with Gasteiger partial charge in [-0.1, -0.05) is 6.07 Å². The van der Waals surface area contributed by atoms with Gasteiger partial charge >= 0.3 is 0 Å². The second-order valence-corrected chi connectivity index (χ2v) is 4.83. The van der Waals surface area contributed by atoms with E-state index < -0.39 is 0 Å². The molecule has 4 nitrogen and oxygen atoms in total. The van der Waals surface area contributed by atoms with E-state index in [9.17, 15) is 4.79 Å². The Kier molecular flexibility index (Phi) is 5.58. The summed E-state index contributed by atoms with van der Waals surface area (Å²) in [5.41, 5.74) is 0.422. The van der Waals surface area contributed by atoms with E-state index in [1.54, 1.807) is 23.1 Å². The van der Waals surface area contributed by atoms with E-state index in [-0.39, 0.29) is 18.6 Å². The van der Waals surface area contributed by atoms with Crippen molar-refractivity contribution < 1.29 is 9.90 Å². The first kappa shape index (κ1) is 14.1. The van der Waals surface area contributed by atoms with Crippen molar-refractivity contribution in [1.29, 1.82) is 0 Å². The van der Waals surface area contributed by atoms with E-state index in [0.29, 0.717) is 23.3 Å². The average molecular weight is 301 g/mol. The first-order valence-corrected chi connectivity index (χ1v) is 6.40. The van der Waals surface area contributed by atoms with Gasteiger partial charge in [-0.05, 0) is 48.3 Å². The molecule has 0 saturated heterocycles. The van der Waals surface area contributed by atoms with Gasteiger partial charge in [0, 0.05) is 19.2 Å². The van der Waals surface area contributed by atoms with Gasteiger partial charge in [0.05, 0.1) is 0 Å². The molecule has 17 heavy (non-hydrogen) atoms. The third-order valence-electron chi connectivity index (χ3n) is 2.38. The van der Waals surface area contributed by atoms with Crippen molar-refractivity contribution in [2.24, 2.45) is 0 Å². The van der Waals surface area contributed by atoms with Crippen LogP contribution in [0, 0.1) is 0 Å². The molecule has 0 spiro atoms. The Hall–Kier alpha value is -0.940. The van der Waals surface area contributed by atoms with Gasteiger partial charge in [0.25, 0.3) is 5.91 Å². The normalized spacial score (nSPS) is 10.6. The summed E-state index contributed by atoms with van der Waals surface area (Å²) in [5, 5.41) is 8.83. The summed E-state index contributed by atoms with van der Waals surface area (Å²) in [7, 11) is 0. The molecule has 1 N–H and O–H groups in total. The molecule has 1 aromatic rings. The molecule has 0 aliphatic rings. The largest absolute Gasteiger partial charge is 0.396 e. The monoisotopic (exact) mass is 300 g/mol. The van der Waals surface area contributed by atoms with Crippen LogP contribution in [0.4, 0.5) is 0 Å². The summed E-state index contributed by atoms with van der Waals surface area (Å²) in [6.45, 7) is 4.53. The number of hydrogen-bond acceptors (Lipinski definition) is 3. The number of nitrogens with zero attached hydrogens (tertiary/aromatic N) is 2. The summed E-state index contributed by atoms with van der Waals surface area (Å²) in [6.07, 6.45) is 0.581. The molecular formula is C12H17BrN2O2. The van der Waals surface area contributed by atoms with Gasteiger partial charge in [-0.2, -0.15) is 0 Å². The molecule has 5 heteroatoms. The van der Waals surface area contributed by atoms with Gasteiger partial charge in [-0.15, -0.1) is 0 Å². The maximum absolute atomic E-state index is 12.2. The molecule has 0 saturated carbocycles. The lowest BCUT2D eigenvalue weighted by Crippen LogP contribution is -2.38. The fourth-order valence-corrected chi connectivity index (χ4v) is 1.85. The van der Waals surface area contributed by atoms with Crippen LogP contribution >= 0.6 is 15.9 Å². The summed E-state index contributed by atoms with van der Waals surface area (Å²) < 4.78 is 0.647. The zero-order chi connectivity index (χ0) is 12.8. The highest BCUT2D eigenvalue weighted by Gasteiger charge is 2.19. The van der Waals surface area contributed by atoms with Crippen molar-refractivity contribution in [2.45, 2.75) is 26.3 Å². The molecule has 1 amide bonds. The number of aliphatic hydroxyl groups is 1. The molecule has 0 unspecified atom stereocenters. The van der Waals surface area contributed by atoms with Crippen molar-refractivity contribution in [1.82, 2.24) is 9.88 Å². The SMILES string of the molecule is CC(C)N(CCCO)C(=O)c1cccc(Br)n1. The van der Waals surface area contributed by atoms with Crippen molar-refractivity contribution in [3.8, 4) is 0 Å². The van der Waals surface area contributed by atoms with Crippen molar-refractivity contribution in [3.63, 3.8) is 0 Å². The molecule has 1 heterocycles. The van der Waals surface area contributed by atoms with Gasteiger partial charge in [0.1, 0.15) is 10.3 Å². The Balaban J connectivity index is 2.84. The number of halogens is 1. The minimum absolute atomic E-state index is 0.0857. The van der Waals surface area contributed by atoms with Crippen LogP contribution in [-0.4, -0.2) is 40.1 Å². The van der Waals surface area contributed by atoms with E-state index in [2.05, 4.69) is 20.9 Å². The number of aromatic nitrogens is 1. The Morgan fingerprint density at radius 3 is 2.76 bits per heavy atom. The van der Waals surface area contributed by atoms with E-state index in [1.165, 1.54) is 0 Å². The van der Waals surface area contributed by atoms with E-state index in [1.807, 2.05) is 13.8 Å². The summed E-state index contributed by atoms with van der Waals surface area (Å²) in [4.78, 5) is 18.1. The minimum Gasteiger partial charge on any atom is -0.396 e. The van der Waals surface area contributed by atoms with Crippen LogP contribution in [0.3, 0.4) is 0 Å². The van der Waals surface area contributed by atoms with Gasteiger partial charge < -0.3 is 10.0 Å². The van der Waals surface area contributed by atoms with Crippen LogP contribution in [0.15, 0.2) is 22.8 Å². The molecule has 1 aromatic heterocycles. The topological polar surface area (TPSA) is 53.4 Å². The fraction of sp³-hybridized carbons (Fsp3) is 0.500. The number of pyridine rings is 1. The number of rotatable bonds is 5. The highest BCUT2D eigenvalue weighted by Crippen LogP contribution is 2.11. The van der Waals surface area contributed by atoms with E-state index in [4.69, 9.17) is 5.11 Å². The van der Waals surface area contributed by atoms with E-state index in [0.717, 1.165) is 0 Å². The fourth-order valence-electron chi connectivity index (χ4n) is 1.51. The second-order valence-electron chi connectivity index (χ2n) is 4.02. The summed E-state index contributed by atoms with van der Waals surface area (Å²) in [6, 6.07) is 5.36. The lowest BCUT2D eigenvalue weighted by molar-refractivity contribution is 0.0687. The van der Waals surface area contributed by atoms with Crippen LogP contribution in [0.2, 0.25) is 0 Å². The Morgan fingerprint density at radius 1 is 1.53 bits per heavy atom. The molecule has 0 atom stereocenters. The molecule has 0 fully saturated rings. The quantitative estimate of drug-likeness (QED) is 0.847. The zero-order valence-corrected chi connectivity index (χ0v) is 11.6. The molecule has 0 aromatic carbocycles. The maximum Gasteiger partial charge on any atom is 0.272 e. The number of aliphatic hydroxyl groups excluding tert-OH is 1. The van der Waals surface area contributed by atoms with Crippen LogP contribution in [0.5, 0.6) is 0 Å². The summed E-state index contributed by atoms with van der Waals surface area (Å²) in [5.74, 6) is -0.102. The number of carbonyl (C=O) groups is 1. The summed E-state index contributed by atoms with van der Waals surface area (Å²) >= 11 is 3.25. The highest BCUT2D eigenvalue weighted by molar-refractivity contribution is 9.10. The Labute approximate surface area is 110 Å². The lowest BCUT2D eigenvalue weighted by Gasteiger charge is -2.26. The van der Waals surface area contributed by atoms with Gasteiger partial charge in [0.15, 0.2) is 0 Å². The molecule has 1 rings (SSSR count). The molecule has 94 valence electrons. The van der Waals surface area contributed by atoms with Crippen LogP contribution in [-0.2, 0) is 0 Å². The number of carbonyl (C=O) groups excluding carboxylic acids is 1. The third-order valence-corrected chi connectivity index (χ3v) is 2.82. The molecule has 0 bridgehead atoms. The third kappa shape index (κ3) is 4.09. The predicted molar refractivity (Wildman–Crippen MR) is 69.8 cm³/mol. The number of hydrogen-bond donors (Lipinski definition) is 1.